The summed E-state index contributed by atoms with van der Waals surface area (Å²) < 4.78 is 2.47. The molecule has 2 saturated heterocycles. The van der Waals surface area contributed by atoms with Gasteiger partial charge in [-0.05, 0) is 79.2 Å². The topological polar surface area (TPSA) is 65.8 Å². The molecule has 1 aromatic heterocycles. The van der Waals surface area contributed by atoms with E-state index in [4.69, 9.17) is 0 Å². The molecule has 1 N–H and O–H groups in total. The quantitative estimate of drug-likeness (QED) is 0.617. The first kappa shape index (κ1) is 23.9. The Bertz CT molecular complexity index is 1150. The highest BCUT2D eigenvalue weighted by Gasteiger charge is 2.66. The van der Waals surface area contributed by atoms with Gasteiger partial charge < -0.3 is 14.6 Å². The zero-order chi connectivity index (χ0) is 25.3. The summed E-state index contributed by atoms with van der Waals surface area (Å²) in [5, 5.41) is 11.9. The third kappa shape index (κ3) is 3.81. The first-order valence-electron chi connectivity index (χ1n) is 14.8. The van der Waals surface area contributed by atoms with Crippen LogP contribution in [0.15, 0.2) is 36.5 Å². The molecular weight excluding hydrogens is 462 g/mol. The standard InChI is InChI=1S/C31H41N3O3/c1-19-24-16-25(29(19)35)28-27(24)30(36)34(31(28)37)18-22-8-3-2-7-21(22)17-32-13-11-23(12-14-32)33-15-10-20-6-4-5-9-26(20)33/h4-6,9-10,15,19,21-25,27-29,35H,2-3,7-8,11-14,16-18H2,1H3/t19?,21-,22-,24?,25?,27?,28?,29?/m0/s1. The summed E-state index contributed by atoms with van der Waals surface area (Å²) in [5.41, 5.74) is 1.34. The minimum Gasteiger partial charge on any atom is -0.393 e. The Labute approximate surface area is 220 Å². The number of hydrogen-bond donors (Lipinski definition) is 1. The van der Waals surface area contributed by atoms with Crippen molar-refractivity contribution in [2.24, 2.45) is 41.4 Å². The fourth-order valence-electron chi connectivity index (χ4n) is 9.13. The molecule has 2 aromatic rings. The van der Waals surface area contributed by atoms with Gasteiger partial charge in [-0.2, -0.15) is 0 Å². The Morgan fingerprint density at radius 2 is 1.54 bits per heavy atom. The monoisotopic (exact) mass is 503 g/mol. The van der Waals surface area contributed by atoms with Crippen molar-refractivity contribution in [2.45, 2.75) is 64.0 Å². The van der Waals surface area contributed by atoms with Gasteiger partial charge in [0.2, 0.25) is 11.8 Å². The van der Waals surface area contributed by atoms with E-state index in [1.807, 2.05) is 0 Å². The molecule has 2 bridgehead atoms. The molecule has 5 fully saturated rings. The van der Waals surface area contributed by atoms with E-state index in [0.29, 0.717) is 24.4 Å². The molecule has 2 aliphatic heterocycles. The van der Waals surface area contributed by atoms with Gasteiger partial charge in [-0.1, -0.05) is 38.0 Å². The third-order valence-corrected chi connectivity index (χ3v) is 11.2. The molecule has 3 saturated carbocycles. The van der Waals surface area contributed by atoms with Crippen LogP contribution >= 0.6 is 0 Å². The lowest BCUT2D eigenvalue weighted by Gasteiger charge is -2.40. The predicted molar refractivity (Wildman–Crippen MR) is 143 cm³/mol. The molecule has 6 nitrogen and oxygen atoms in total. The minimum atomic E-state index is -0.419. The molecule has 2 amide bonds. The smallest absolute Gasteiger partial charge is 0.233 e. The van der Waals surface area contributed by atoms with Gasteiger partial charge in [-0.15, -0.1) is 0 Å². The molecule has 0 spiro atoms. The Balaban J connectivity index is 0.991. The summed E-state index contributed by atoms with van der Waals surface area (Å²) in [4.78, 5) is 31.2. The zero-order valence-corrected chi connectivity index (χ0v) is 22.0. The van der Waals surface area contributed by atoms with Crippen LogP contribution in [-0.4, -0.2) is 63.6 Å². The van der Waals surface area contributed by atoms with Crippen LogP contribution in [0.1, 0.15) is 57.9 Å². The highest BCUT2D eigenvalue weighted by molar-refractivity contribution is 6.06. The Morgan fingerprint density at radius 1 is 0.865 bits per heavy atom. The third-order valence-electron chi connectivity index (χ3n) is 11.2. The van der Waals surface area contributed by atoms with Crippen molar-refractivity contribution in [3.8, 4) is 0 Å². The van der Waals surface area contributed by atoms with Crippen LogP contribution in [0, 0.1) is 41.4 Å². The van der Waals surface area contributed by atoms with Crippen LogP contribution in [0.2, 0.25) is 0 Å². The number of fused-ring (bicyclic) bond motifs is 6. The summed E-state index contributed by atoms with van der Waals surface area (Å²) >= 11 is 0. The maximum Gasteiger partial charge on any atom is 0.233 e. The van der Waals surface area contributed by atoms with Crippen LogP contribution in [0.25, 0.3) is 10.9 Å². The number of hydrogen-bond acceptors (Lipinski definition) is 4. The number of imide groups is 1. The van der Waals surface area contributed by atoms with E-state index in [9.17, 15) is 14.7 Å². The molecule has 3 aliphatic carbocycles. The van der Waals surface area contributed by atoms with E-state index >= 15 is 0 Å². The summed E-state index contributed by atoms with van der Waals surface area (Å²) in [6, 6.07) is 11.5. The molecule has 198 valence electrons. The van der Waals surface area contributed by atoms with Crippen LogP contribution in [0.3, 0.4) is 0 Å². The van der Waals surface area contributed by atoms with E-state index in [1.54, 1.807) is 4.90 Å². The van der Waals surface area contributed by atoms with Gasteiger partial charge in [0.05, 0.1) is 17.9 Å². The van der Waals surface area contributed by atoms with E-state index in [1.165, 1.54) is 43.0 Å². The molecule has 7 rings (SSSR count). The number of aliphatic hydroxyl groups excluding tert-OH is 1. The number of rotatable bonds is 5. The predicted octanol–water partition coefficient (Wildman–Crippen LogP) is 4.33. The lowest BCUT2D eigenvalue weighted by molar-refractivity contribution is -0.142. The number of amides is 2. The van der Waals surface area contributed by atoms with Gasteiger partial charge >= 0.3 is 0 Å². The lowest BCUT2D eigenvalue weighted by Crippen LogP contribution is -2.44. The zero-order valence-electron chi connectivity index (χ0n) is 22.0. The first-order chi connectivity index (χ1) is 18.0. The molecule has 1 aromatic carbocycles. The fraction of sp³-hybridized carbons (Fsp3) is 0.677. The molecule has 5 aliphatic rings. The van der Waals surface area contributed by atoms with Crippen molar-refractivity contribution in [1.29, 1.82) is 0 Å². The number of aliphatic hydroxyl groups is 1. The van der Waals surface area contributed by atoms with Crippen LogP contribution in [-0.2, 0) is 9.59 Å². The van der Waals surface area contributed by atoms with Crippen LogP contribution in [0.5, 0.6) is 0 Å². The highest BCUT2D eigenvalue weighted by atomic mass is 16.3. The Hall–Kier alpha value is -2.18. The van der Waals surface area contributed by atoms with Crippen molar-refractivity contribution >= 4 is 22.7 Å². The van der Waals surface area contributed by atoms with E-state index in [0.717, 1.165) is 32.5 Å². The van der Waals surface area contributed by atoms with Crippen molar-refractivity contribution in [3.63, 3.8) is 0 Å². The molecule has 0 radical (unpaired) electrons. The number of aromatic nitrogens is 1. The molecule has 8 atom stereocenters. The average Bonchev–Trinajstić information content (AvgIpc) is 3.65. The van der Waals surface area contributed by atoms with Gasteiger partial charge in [0.15, 0.2) is 0 Å². The van der Waals surface area contributed by atoms with E-state index in [2.05, 4.69) is 52.9 Å². The first-order valence-corrected chi connectivity index (χ1v) is 14.8. The second-order valence-corrected chi connectivity index (χ2v) is 12.9. The van der Waals surface area contributed by atoms with Crippen LogP contribution in [0.4, 0.5) is 0 Å². The average molecular weight is 504 g/mol. The summed E-state index contributed by atoms with van der Waals surface area (Å²) in [5.74, 6) is 0.961. The number of carbonyl (C=O) groups is 2. The van der Waals surface area contributed by atoms with Crippen molar-refractivity contribution in [1.82, 2.24) is 14.4 Å². The van der Waals surface area contributed by atoms with Gasteiger partial charge in [0.1, 0.15) is 0 Å². The number of benzene rings is 1. The van der Waals surface area contributed by atoms with Crippen molar-refractivity contribution in [2.75, 3.05) is 26.2 Å². The maximum absolute atomic E-state index is 13.5. The summed E-state index contributed by atoms with van der Waals surface area (Å²) in [7, 11) is 0. The molecule has 3 heterocycles. The number of carbonyl (C=O) groups excluding carboxylic acids is 2. The van der Waals surface area contributed by atoms with Crippen molar-refractivity contribution in [3.05, 3.63) is 36.5 Å². The fourth-order valence-corrected chi connectivity index (χ4v) is 9.13. The van der Waals surface area contributed by atoms with E-state index < -0.39 is 6.10 Å². The number of likely N-dealkylation sites (tertiary alicyclic amines) is 2. The van der Waals surface area contributed by atoms with E-state index in [-0.39, 0.29) is 41.4 Å². The second-order valence-electron chi connectivity index (χ2n) is 12.9. The molecule has 6 unspecified atom stereocenters. The van der Waals surface area contributed by atoms with Gasteiger partial charge in [0, 0.05) is 43.9 Å². The number of piperidine rings is 1. The van der Waals surface area contributed by atoms with Crippen LogP contribution < -0.4 is 0 Å². The maximum atomic E-state index is 13.5. The second kappa shape index (κ2) is 9.23. The number of nitrogens with zero attached hydrogens (tertiary/aromatic N) is 3. The lowest BCUT2D eigenvalue weighted by atomic mass is 9.74. The van der Waals surface area contributed by atoms with Crippen molar-refractivity contribution < 1.29 is 14.7 Å². The highest BCUT2D eigenvalue weighted by Crippen LogP contribution is 2.58. The normalized spacial score (nSPS) is 38.7. The Kier molecular flexibility index (Phi) is 5.96. The summed E-state index contributed by atoms with van der Waals surface area (Å²) in [6.45, 7) is 5.99. The SMILES string of the molecule is CC1C(O)C2CC1C1C(=O)N(C[C@@H]3CCCC[C@H]3CN3CCC(n4ccc5ccccc54)CC3)C(=O)C21. The largest absolute Gasteiger partial charge is 0.393 e. The molecular formula is C31H41N3O3. The minimum absolute atomic E-state index is 0.00711. The molecule has 6 heteroatoms. The Morgan fingerprint density at radius 3 is 2.30 bits per heavy atom. The van der Waals surface area contributed by atoms with Gasteiger partial charge in [0.25, 0.3) is 0 Å². The summed E-state index contributed by atoms with van der Waals surface area (Å²) in [6.07, 6.45) is 9.82. The van der Waals surface area contributed by atoms with Gasteiger partial charge in [-0.25, -0.2) is 0 Å². The molecule has 37 heavy (non-hydrogen) atoms. The number of para-hydroxylation sites is 1. The van der Waals surface area contributed by atoms with Gasteiger partial charge in [-0.3, -0.25) is 14.5 Å².